The van der Waals surface area contributed by atoms with Gasteiger partial charge in [-0.25, -0.2) is 0 Å². The molecule has 8 heteroatoms. The third-order valence-corrected chi connectivity index (χ3v) is 8.47. The number of amides is 3. The highest BCUT2D eigenvalue weighted by atomic mass is 32.2. The van der Waals surface area contributed by atoms with E-state index < -0.39 is 11.8 Å². The Bertz CT molecular complexity index is 2070. The van der Waals surface area contributed by atoms with Gasteiger partial charge in [0.25, 0.3) is 11.8 Å². The lowest BCUT2D eigenvalue weighted by atomic mass is 10.0. The number of carbonyl (C=O) groups is 3. The van der Waals surface area contributed by atoms with Crippen LogP contribution >= 0.6 is 11.8 Å². The molecule has 0 heterocycles. The number of nitrogens with one attached hydrogen (secondary N) is 3. The summed E-state index contributed by atoms with van der Waals surface area (Å²) in [7, 11) is 0. The van der Waals surface area contributed by atoms with Gasteiger partial charge >= 0.3 is 0 Å². The highest BCUT2D eigenvalue weighted by Gasteiger charge is 2.15. The summed E-state index contributed by atoms with van der Waals surface area (Å²) >= 11 is 1.38. The maximum absolute atomic E-state index is 13.5. The Hall–Kier alpha value is -6.38. The number of thioether (sulfide) groups is 1. The van der Waals surface area contributed by atoms with E-state index in [1.807, 2.05) is 103 Å². The third kappa shape index (κ3) is 9.59. The summed E-state index contributed by atoms with van der Waals surface area (Å²) in [5.41, 5.74) is 4.63. The van der Waals surface area contributed by atoms with E-state index in [9.17, 15) is 14.4 Å². The van der Waals surface area contributed by atoms with Crippen LogP contribution < -0.4 is 20.7 Å². The zero-order valence-corrected chi connectivity index (χ0v) is 27.7. The fourth-order valence-corrected chi connectivity index (χ4v) is 5.62. The smallest absolute Gasteiger partial charge is 0.272 e. The number of rotatable bonds is 12. The molecule has 0 spiro atoms. The van der Waals surface area contributed by atoms with Crippen LogP contribution in [0.15, 0.2) is 174 Å². The Kier molecular flexibility index (Phi) is 11.2. The Morgan fingerprint density at radius 2 is 1.10 bits per heavy atom. The first-order chi connectivity index (χ1) is 24.5. The molecule has 3 N–H and O–H groups in total. The van der Waals surface area contributed by atoms with Crippen molar-refractivity contribution in [1.29, 1.82) is 0 Å². The summed E-state index contributed by atoms with van der Waals surface area (Å²) in [6.07, 6.45) is 1.65. The summed E-state index contributed by atoms with van der Waals surface area (Å²) < 4.78 is 5.81. The normalized spacial score (nSPS) is 10.9. The average molecular weight is 676 g/mol. The van der Waals surface area contributed by atoms with Crippen molar-refractivity contribution in [3.8, 4) is 22.6 Å². The molecule has 0 fully saturated rings. The van der Waals surface area contributed by atoms with E-state index >= 15 is 0 Å². The number of benzene rings is 6. The molecule has 0 saturated heterocycles. The SMILES string of the molecule is O=C(CSc1ccc(NC(=O)/C(=C/c2ccc(-c3ccccc3)cc2)NC(=O)c2ccccc2)cc1)Nc1ccc(Oc2ccccc2)cc1. The van der Waals surface area contributed by atoms with Crippen LogP contribution in [0.1, 0.15) is 15.9 Å². The van der Waals surface area contributed by atoms with Gasteiger partial charge < -0.3 is 20.7 Å². The van der Waals surface area contributed by atoms with Gasteiger partial charge in [0.15, 0.2) is 0 Å². The molecule has 0 bridgehead atoms. The minimum atomic E-state index is -0.471. The Balaban J connectivity index is 1.06. The average Bonchev–Trinajstić information content (AvgIpc) is 3.16. The third-order valence-electron chi connectivity index (χ3n) is 7.46. The molecule has 246 valence electrons. The number of anilines is 2. The van der Waals surface area contributed by atoms with E-state index in [0.717, 1.165) is 27.3 Å². The molecule has 50 heavy (non-hydrogen) atoms. The van der Waals surface area contributed by atoms with E-state index in [1.54, 1.807) is 66.7 Å². The number of para-hydroxylation sites is 1. The van der Waals surface area contributed by atoms with Crippen LogP contribution in [0.3, 0.4) is 0 Å². The summed E-state index contributed by atoms with van der Waals surface area (Å²) in [6, 6.07) is 50.4. The number of ether oxygens (including phenoxy) is 1. The lowest BCUT2D eigenvalue weighted by Gasteiger charge is -2.12. The number of hydrogen-bond donors (Lipinski definition) is 3. The molecule has 0 saturated carbocycles. The van der Waals surface area contributed by atoms with Crippen LogP contribution in [0, 0.1) is 0 Å². The van der Waals surface area contributed by atoms with Gasteiger partial charge in [0.2, 0.25) is 5.91 Å². The van der Waals surface area contributed by atoms with Crippen molar-refractivity contribution in [3.63, 3.8) is 0 Å². The summed E-state index contributed by atoms with van der Waals surface area (Å²) in [5.74, 6) is 0.605. The van der Waals surface area contributed by atoms with Crippen molar-refractivity contribution >= 4 is 46.9 Å². The lowest BCUT2D eigenvalue weighted by Crippen LogP contribution is -2.30. The second-order valence-corrected chi connectivity index (χ2v) is 12.2. The topological polar surface area (TPSA) is 96.5 Å². The first kappa shape index (κ1) is 33.5. The minimum Gasteiger partial charge on any atom is -0.457 e. The molecule has 6 rings (SSSR count). The van der Waals surface area contributed by atoms with E-state index in [1.165, 1.54) is 11.8 Å². The summed E-state index contributed by atoms with van der Waals surface area (Å²) in [5, 5.41) is 8.56. The van der Waals surface area contributed by atoms with E-state index in [0.29, 0.717) is 22.7 Å². The quantitative estimate of drug-likeness (QED) is 0.0888. The zero-order chi connectivity index (χ0) is 34.5. The van der Waals surface area contributed by atoms with Gasteiger partial charge in [0.05, 0.1) is 5.75 Å². The van der Waals surface area contributed by atoms with Crippen molar-refractivity contribution < 1.29 is 19.1 Å². The highest BCUT2D eigenvalue weighted by Crippen LogP contribution is 2.25. The summed E-state index contributed by atoms with van der Waals surface area (Å²) in [6.45, 7) is 0. The van der Waals surface area contributed by atoms with Crippen molar-refractivity contribution in [2.75, 3.05) is 16.4 Å². The van der Waals surface area contributed by atoms with Gasteiger partial charge in [0, 0.05) is 21.8 Å². The molecule has 0 radical (unpaired) electrons. The van der Waals surface area contributed by atoms with Gasteiger partial charge in [-0.2, -0.15) is 0 Å². The van der Waals surface area contributed by atoms with E-state index in [4.69, 9.17) is 4.74 Å². The van der Waals surface area contributed by atoms with Crippen molar-refractivity contribution in [2.24, 2.45) is 0 Å². The fourth-order valence-electron chi connectivity index (χ4n) is 4.92. The minimum absolute atomic E-state index is 0.0982. The van der Waals surface area contributed by atoms with Crippen LogP contribution in [0.2, 0.25) is 0 Å². The maximum Gasteiger partial charge on any atom is 0.272 e. The first-order valence-corrected chi connectivity index (χ1v) is 16.9. The molecule has 6 aromatic carbocycles. The van der Waals surface area contributed by atoms with E-state index in [-0.39, 0.29) is 17.4 Å². The molecule has 0 aliphatic heterocycles. The van der Waals surface area contributed by atoms with Gasteiger partial charge in [-0.1, -0.05) is 91.0 Å². The zero-order valence-electron chi connectivity index (χ0n) is 26.9. The molecule has 0 atom stereocenters. The number of hydrogen-bond acceptors (Lipinski definition) is 5. The molecule has 6 aromatic rings. The van der Waals surface area contributed by atoms with Gasteiger partial charge in [-0.15, -0.1) is 11.8 Å². The second-order valence-electron chi connectivity index (χ2n) is 11.1. The van der Waals surface area contributed by atoms with Crippen molar-refractivity contribution in [3.05, 3.63) is 181 Å². The van der Waals surface area contributed by atoms with Crippen LogP contribution in [0.4, 0.5) is 11.4 Å². The largest absolute Gasteiger partial charge is 0.457 e. The van der Waals surface area contributed by atoms with Crippen LogP contribution in [-0.4, -0.2) is 23.5 Å². The monoisotopic (exact) mass is 675 g/mol. The van der Waals surface area contributed by atoms with Crippen molar-refractivity contribution in [1.82, 2.24) is 5.32 Å². The molecule has 0 aliphatic carbocycles. The van der Waals surface area contributed by atoms with Gasteiger partial charge in [-0.3, -0.25) is 14.4 Å². The fraction of sp³-hybridized carbons (Fsp3) is 0.0238. The standard InChI is InChI=1S/C42H33N3O4S/c46-40(43-34-20-24-37(25-21-34)49-36-14-8-3-9-15-36)29-50-38-26-22-35(23-27-38)44-42(48)39(45-41(47)33-12-6-2-7-13-33)28-30-16-18-32(19-17-30)31-10-4-1-5-11-31/h1-28H,29H2,(H,43,46)(H,44,48)(H,45,47)/b39-28-. The van der Waals surface area contributed by atoms with E-state index in [2.05, 4.69) is 16.0 Å². The molecule has 0 aromatic heterocycles. The molecule has 7 nitrogen and oxygen atoms in total. The second kappa shape index (κ2) is 16.6. The predicted octanol–water partition coefficient (Wildman–Crippen LogP) is 9.29. The molecule has 0 unspecified atom stereocenters. The number of carbonyl (C=O) groups excluding carboxylic acids is 3. The molecular formula is C42H33N3O4S. The highest BCUT2D eigenvalue weighted by molar-refractivity contribution is 8.00. The Morgan fingerprint density at radius 1 is 0.560 bits per heavy atom. The molecule has 3 amide bonds. The van der Waals surface area contributed by atoms with Crippen LogP contribution in [-0.2, 0) is 9.59 Å². The summed E-state index contributed by atoms with van der Waals surface area (Å²) in [4.78, 5) is 40.0. The predicted molar refractivity (Wildman–Crippen MR) is 201 cm³/mol. The molecule has 0 aliphatic rings. The molecular weight excluding hydrogens is 643 g/mol. The first-order valence-electron chi connectivity index (χ1n) is 15.9. The Morgan fingerprint density at radius 3 is 1.76 bits per heavy atom. The van der Waals surface area contributed by atoms with Crippen molar-refractivity contribution in [2.45, 2.75) is 4.90 Å². The van der Waals surface area contributed by atoms with Crippen LogP contribution in [0.5, 0.6) is 11.5 Å². The van der Waals surface area contributed by atoms with Gasteiger partial charge in [0.1, 0.15) is 17.2 Å². The maximum atomic E-state index is 13.5. The Labute approximate surface area is 295 Å². The van der Waals surface area contributed by atoms with Crippen LogP contribution in [0.25, 0.3) is 17.2 Å². The lowest BCUT2D eigenvalue weighted by molar-refractivity contribution is -0.114. The van der Waals surface area contributed by atoms with Gasteiger partial charge in [-0.05, 0) is 95.6 Å².